The summed E-state index contributed by atoms with van der Waals surface area (Å²) in [6.07, 6.45) is 2.09. The summed E-state index contributed by atoms with van der Waals surface area (Å²) in [5.41, 5.74) is 3.77. The third-order valence-corrected chi connectivity index (χ3v) is 5.06. The number of nitrogens with zero attached hydrogens (tertiary/aromatic N) is 1. The van der Waals surface area contributed by atoms with Crippen LogP contribution in [0.5, 0.6) is 0 Å². The van der Waals surface area contributed by atoms with Gasteiger partial charge >= 0.3 is 0 Å². The Hall–Kier alpha value is -0.950. The van der Waals surface area contributed by atoms with Crippen molar-refractivity contribution in [2.24, 2.45) is 0 Å². The quantitative estimate of drug-likeness (QED) is 0.805. The summed E-state index contributed by atoms with van der Waals surface area (Å²) in [7, 11) is -3.10. The smallest absolute Gasteiger partial charge is 0.208 e. The molecule has 1 aromatic rings. The number of rotatable bonds is 6. The summed E-state index contributed by atoms with van der Waals surface area (Å²) in [6.45, 7) is 9.29. The van der Waals surface area contributed by atoms with E-state index >= 15 is 0 Å². The van der Waals surface area contributed by atoms with Crippen molar-refractivity contribution in [1.82, 2.24) is 9.62 Å². The predicted octanol–water partition coefficient (Wildman–Crippen LogP) is 2.00. The van der Waals surface area contributed by atoms with Crippen LogP contribution in [0.3, 0.4) is 0 Å². The molecule has 1 aliphatic rings. The van der Waals surface area contributed by atoms with Crippen molar-refractivity contribution in [3.63, 3.8) is 0 Å². The maximum Gasteiger partial charge on any atom is 0.208 e. The normalized spacial score (nSPS) is 23.1. The number of hydrogen-bond acceptors (Lipinski definition) is 4. The third kappa shape index (κ3) is 5.57. The van der Waals surface area contributed by atoms with Crippen LogP contribution >= 0.6 is 0 Å². The zero-order chi connectivity index (χ0) is 17.0. The molecule has 2 rings (SSSR count). The lowest BCUT2D eigenvalue weighted by molar-refractivity contribution is -0.0603. The van der Waals surface area contributed by atoms with Crippen molar-refractivity contribution in [3.05, 3.63) is 34.9 Å². The summed E-state index contributed by atoms with van der Waals surface area (Å²) >= 11 is 0. The highest BCUT2D eigenvalue weighted by Crippen LogP contribution is 2.28. The van der Waals surface area contributed by atoms with Gasteiger partial charge in [0.25, 0.3) is 0 Å². The monoisotopic (exact) mass is 340 g/mol. The largest absolute Gasteiger partial charge is 0.371 e. The Morgan fingerprint density at radius 1 is 1.35 bits per heavy atom. The molecule has 1 heterocycles. The van der Waals surface area contributed by atoms with E-state index in [0.29, 0.717) is 19.2 Å². The molecule has 2 unspecified atom stereocenters. The highest BCUT2D eigenvalue weighted by Gasteiger charge is 2.27. The fourth-order valence-corrected chi connectivity index (χ4v) is 3.47. The van der Waals surface area contributed by atoms with Gasteiger partial charge < -0.3 is 4.74 Å². The second-order valence-corrected chi connectivity index (χ2v) is 8.38. The van der Waals surface area contributed by atoms with Gasteiger partial charge in [-0.05, 0) is 44.9 Å². The van der Waals surface area contributed by atoms with Gasteiger partial charge in [-0.1, -0.05) is 23.8 Å². The first-order chi connectivity index (χ1) is 10.8. The number of aryl methyl sites for hydroxylation is 2. The molecule has 23 heavy (non-hydrogen) atoms. The van der Waals surface area contributed by atoms with E-state index in [0.717, 1.165) is 19.5 Å². The lowest BCUT2D eigenvalue weighted by Gasteiger charge is -2.38. The molecule has 0 spiro atoms. The molecule has 1 aromatic carbocycles. The maximum absolute atomic E-state index is 11.1. The average molecular weight is 340 g/mol. The molecule has 130 valence electrons. The summed E-state index contributed by atoms with van der Waals surface area (Å²) in [5.74, 6) is 0. The minimum absolute atomic E-state index is 0.0916. The lowest BCUT2D eigenvalue weighted by atomic mass is 9.99. The number of ether oxygens (including phenoxy) is 1. The van der Waals surface area contributed by atoms with E-state index in [2.05, 4.69) is 48.6 Å². The van der Waals surface area contributed by atoms with Crippen LogP contribution < -0.4 is 4.72 Å². The van der Waals surface area contributed by atoms with Gasteiger partial charge in [0.1, 0.15) is 0 Å². The molecular formula is C17H28N2O3S. The van der Waals surface area contributed by atoms with Crippen molar-refractivity contribution in [1.29, 1.82) is 0 Å². The van der Waals surface area contributed by atoms with Gasteiger partial charge in [-0.2, -0.15) is 0 Å². The summed E-state index contributed by atoms with van der Waals surface area (Å²) in [5, 5.41) is 0. The van der Waals surface area contributed by atoms with Gasteiger partial charge in [0.2, 0.25) is 10.0 Å². The van der Waals surface area contributed by atoms with Gasteiger partial charge in [-0.15, -0.1) is 0 Å². The molecular weight excluding hydrogens is 312 g/mol. The molecule has 6 heteroatoms. The zero-order valence-corrected chi connectivity index (χ0v) is 15.3. The van der Waals surface area contributed by atoms with Crippen LogP contribution in [0.25, 0.3) is 0 Å². The molecule has 2 atom stereocenters. The first kappa shape index (κ1) is 18.4. The van der Waals surface area contributed by atoms with E-state index in [4.69, 9.17) is 4.74 Å². The van der Waals surface area contributed by atoms with Crippen molar-refractivity contribution < 1.29 is 13.2 Å². The van der Waals surface area contributed by atoms with Gasteiger partial charge in [0.15, 0.2) is 0 Å². The Morgan fingerprint density at radius 3 is 2.78 bits per heavy atom. The van der Waals surface area contributed by atoms with E-state index in [1.807, 2.05) is 0 Å². The minimum atomic E-state index is -3.10. The molecule has 5 nitrogen and oxygen atoms in total. The van der Waals surface area contributed by atoms with E-state index in [-0.39, 0.29) is 6.10 Å². The molecule has 1 fully saturated rings. The van der Waals surface area contributed by atoms with E-state index in [9.17, 15) is 8.42 Å². The Bertz CT molecular complexity index is 631. The van der Waals surface area contributed by atoms with Crippen molar-refractivity contribution in [2.45, 2.75) is 39.3 Å². The standard InChI is InChI=1S/C17H28N2O3S/c1-13-6-7-14(2)16(10-13)17-11-19(15(3)12-22-17)9-5-8-18-23(4,20)21/h6-7,10,15,17-18H,5,8-9,11-12H2,1-4H3. The topological polar surface area (TPSA) is 58.6 Å². The summed E-state index contributed by atoms with van der Waals surface area (Å²) in [6, 6.07) is 6.83. The first-order valence-corrected chi connectivity index (χ1v) is 10.0. The van der Waals surface area contributed by atoms with Crippen molar-refractivity contribution in [2.75, 3.05) is 32.5 Å². The van der Waals surface area contributed by atoms with Crippen LogP contribution in [0, 0.1) is 13.8 Å². The van der Waals surface area contributed by atoms with Crippen LogP contribution in [-0.2, 0) is 14.8 Å². The van der Waals surface area contributed by atoms with Crippen molar-refractivity contribution in [3.8, 4) is 0 Å². The number of benzene rings is 1. The lowest BCUT2D eigenvalue weighted by Crippen LogP contribution is -2.46. The summed E-state index contributed by atoms with van der Waals surface area (Å²) < 4.78 is 30.8. The van der Waals surface area contributed by atoms with Crippen LogP contribution in [-0.4, -0.2) is 51.9 Å². The predicted molar refractivity (Wildman–Crippen MR) is 93.1 cm³/mol. The number of nitrogens with one attached hydrogen (secondary N) is 1. The van der Waals surface area contributed by atoms with Crippen molar-refractivity contribution >= 4 is 10.0 Å². The molecule has 0 bridgehead atoms. The SMILES string of the molecule is Cc1ccc(C)c(C2CN(CCCNS(C)(=O)=O)C(C)CO2)c1. The highest BCUT2D eigenvalue weighted by atomic mass is 32.2. The van der Waals surface area contributed by atoms with Gasteiger partial charge in [-0.25, -0.2) is 13.1 Å². The van der Waals surface area contributed by atoms with Crippen LogP contribution in [0.15, 0.2) is 18.2 Å². The molecule has 1 N–H and O–H groups in total. The fraction of sp³-hybridized carbons (Fsp3) is 0.647. The highest BCUT2D eigenvalue weighted by molar-refractivity contribution is 7.88. The minimum Gasteiger partial charge on any atom is -0.371 e. The van der Waals surface area contributed by atoms with Crippen LogP contribution in [0.1, 0.15) is 36.1 Å². The van der Waals surface area contributed by atoms with E-state index in [1.165, 1.54) is 22.9 Å². The Balaban J connectivity index is 1.95. The second kappa shape index (κ2) is 7.75. The van der Waals surface area contributed by atoms with Gasteiger partial charge in [0.05, 0.1) is 19.0 Å². The first-order valence-electron chi connectivity index (χ1n) is 8.13. The van der Waals surface area contributed by atoms with Gasteiger partial charge in [0, 0.05) is 19.1 Å². The molecule has 0 saturated carbocycles. The van der Waals surface area contributed by atoms with Crippen LogP contribution in [0.2, 0.25) is 0 Å². The molecule has 0 aliphatic carbocycles. The van der Waals surface area contributed by atoms with E-state index in [1.54, 1.807) is 0 Å². The summed E-state index contributed by atoms with van der Waals surface area (Å²) in [4.78, 5) is 2.39. The molecule has 1 aliphatic heterocycles. The molecule has 0 radical (unpaired) electrons. The number of sulfonamides is 1. The molecule has 0 amide bonds. The average Bonchev–Trinajstić information content (AvgIpc) is 2.47. The number of morpholine rings is 1. The number of hydrogen-bond donors (Lipinski definition) is 1. The van der Waals surface area contributed by atoms with Gasteiger partial charge in [-0.3, -0.25) is 4.90 Å². The van der Waals surface area contributed by atoms with E-state index < -0.39 is 10.0 Å². The fourth-order valence-electron chi connectivity index (χ4n) is 2.95. The molecule has 1 saturated heterocycles. The molecule has 0 aromatic heterocycles. The zero-order valence-electron chi connectivity index (χ0n) is 14.5. The Labute approximate surface area is 140 Å². The Morgan fingerprint density at radius 2 is 2.09 bits per heavy atom. The maximum atomic E-state index is 11.1. The third-order valence-electron chi connectivity index (χ3n) is 4.33. The second-order valence-electron chi connectivity index (χ2n) is 6.55. The van der Waals surface area contributed by atoms with Crippen LogP contribution in [0.4, 0.5) is 0 Å². The Kier molecular flexibility index (Phi) is 6.19.